The number of hydrogen-bond donors (Lipinski definition) is 3. The zero-order valence-corrected chi connectivity index (χ0v) is 17.4. The van der Waals surface area contributed by atoms with E-state index in [2.05, 4.69) is 23.6 Å². The molecule has 2 aromatic carbocycles. The molecule has 1 saturated heterocycles. The maximum Gasteiger partial charge on any atom is 0.324 e. The minimum absolute atomic E-state index is 0.0675. The molecule has 8 heteroatoms. The lowest BCUT2D eigenvalue weighted by atomic mass is 9.98. The molecule has 0 spiro atoms. The second-order valence-electron chi connectivity index (χ2n) is 7.67. The van der Waals surface area contributed by atoms with Crippen molar-refractivity contribution in [3.05, 3.63) is 70.8 Å². The second-order valence-corrected chi connectivity index (χ2v) is 7.67. The van der Waals surface area contributed by atoms with E-state index in [9.17, 15) is 23.5 Å². The molecule has 0 aliphatic carbocycles. The molecular weight excluding hydrogens is 404 g/mol. The third-order valence-corrected chi connectivity index (χ3v) is 5.33. The van der Waals surface area contributed by atoms with E-state index in [0.717, 1.165) is 35.1 Å². The first-order valence-corrected chi connectivity index (χ1v) is 10.4. The number of imide groups is 1. The minimum atomic E-state index is -1.13. The van der Waals surface area contributed by atoms with Gasteiger partial charge in [0.05, 0.1) is 12.1 Å². The van der Waals surface area contributed by atoms with E-state index < -0.39 is 35.7 Å². The number of nitrogens with zero attached hydrogens (tertiary/aromatic N) is 1. The van der Waals surface area contributed by atoms with Gasteiger partial charge >= 0.3 is 6.03 Å². The number of aliphatic hydroxyl groups excluding tert-OH is 1. The number of halogens is 2. The van der Waals surface area contributed by atoms with E-state index in [1.807, 2.05) is 18.2 Å². The smallest absolute Gasteiger partial charge is 0.324 e. The summed E-state index contributed by atoms with van der Waals surface area (Å²) in [5, 5.41) is 16.6. The van der Waals surface area contributed by atoms with Crippen LogP contribution in [-0.2, 0) is 24.2 Å². The van der Waals surface area contributed by atoms with Crippen LogP contribution in [0, 0.1) is 11.6 Å². The molecule has 0 radical (unpaired) electrons. The van der Waals surface area contributed by atoms with Gasteiger partial charge in [-0.25, -0.2) is 13.6 Å². The van der Waals surface area contributed by atoms with Gasteiger partial charge in [0.2, 0.25) is 5.91 Å². The highest BCUT2D eigenvalue weighted by molar-refractivity contribution is 5.97. The summed E-state index contributed by atoms with van der Waals surface area (Å²) < 4.78 is 27.3. The Bertz CT molecular complexity index is 902. The molecule has 0 aromatic heterocycles. The van der Waals surface area contributed by atoms with E-state index in [1.165, 1.54) is 5.56 Å². The standard InChI is InChI=1S/C23H27F2N3O3/c1-2-15-4-3-5-16(8-15)13-26-14-21(29)20(28-22(30)6-7-27-23(28)31)11-17-9-18(24)12-19(25)10-17/h3-5,8-10,12,20-21,26,29H,2,6-7,11,13-14H2,1H3,(H,27,31)/t20-,21+/m0/s1. The number of rotatable bonds is 9. The third-order valence-electron chi connectivity index (χ3n) is 5.33. The minimum Gasteiger partial charge on any atom is -0.390 e. The molecule has 3 N–H and O–H groups in total. The summed E-state index contributed by atoms with van der Waals surface area (Å²) in [5.74, 6) is -1.95. The van der Waals surface area contributed by atoms with Gasteiger partial charge in [0.25, 0.3) is 0 Å². The third kappa shape index (κ3) is 6.08. The molecule has 3 rings (SSSR count). The van der Waals surface area contributed by atoms with Crippen molar-refractivity contribution in [2.45, 2.75) is 44.9 Å². The number of amides is 3. The van der Waals surface area contributed by atoms with E-state index in [0.29, 0.717) is 6.54 Å². The maximum absolute atomic E-state index is 13.7. The van der Waals surface area contributed by atoms with Crippen molar-refractivity contribution in [2.75, 3.05) is 13.1 Å². The average Bonchev–Trinajstić information content (AvgIpc) is 2.72. The molecule has 1 fully saturated rings. The van der Waals surface area contributed by atoms with Crippen molar-refractivity contribution >= 4 is 11.9 Å². The molecule has 1 aliphatic rings. The van der Waals surface area contributed by atoms with Gasteiger partial charge < -0.3 is 15.7 Å². The summed E-state index contributed by atoms with van der Waals surface area (Å²) in [6.45, 7) is 2.87. The highest BCUT2D eigenvalue weighted by Crippen LogP contribution is 2.18. The maximum atomic E-state index is 13.7. The van der Waals surface area contributed by atoms with Crippen molar-refractivity contribution in [3.8, 4) is 0 Å². The van der Waals surface area contributed by atoms with Crippen LogP contribution in [0.3, 0.4) is 0 Å². The lowest BCUT2D eigenvalue weighted by Crippen LogP contribution is -2.59. The number of benzene rings is 2. The Morgan fingerprint density at radius 3 is 2.48 bits per heavy atom. The van der Waals surface area contributed by atoms with Crippen molar-refractivity contribution < 1.29 is 23.5 Å². The van der Waals surface area contributed by atoms with E-state index in [1.54, 1.807) is 0 Å². The second kappa shape index (κ2) is 10.5. The van der Waals surface area contributed by atoms with Crippen LogP contribution in [0.5, 0.6) is 0 Å². The van der Waals surface area contributed by atoms with Crippen LogP contribution in [0.2, 0.25) is 0 Å². The van der Waals surface area contributed by atoms with E-state index in [-0.39, 0.29) is 31.5 Å². The summed E-state index contributed by atoms with van der Waals surface area (Å²) >= 11 is 0. The average molecular weight is 431 g/mol. The van der Waals surface area contributed by atoms with Crippen molar-refractivity contribution in [2.24, 2.45) is 0 Å². The Hall–Kier alpha value is -2.84. The van der Waals surface area contributed by atoms with E-state index >= 15 is 0 Å². The Labute approximate surface area is 180 Å². The van der Waals surface area contributed by atoms with Crippen LogP contribution < -0.4 is 10.6 Å². The highest BCUT2D eigenvalue weighted by atomic mass is 19.1. The predicted molar refractivity (Wildman–Crippen MR) is 112 cm³/mol. The monoisotopic (exact) mass is 431 g/mol. The first-order chi connectivity index (χ1) is 14.9. The molecule has 0 unspecified atom stereocenters. The molecule has 2 atom stereocenters. The fourth-order valence-corrected chi connectivity index (χ4v) is 3.76. The van der Waals surface area contributed by atoms with Crippen LogP contribution in [0.25, 0.3) is 0 Å². The summed E-state index contributed by atoms with van der Waals surface area (Å²) in [6, 6.07) is 9.46. The number of carbonyl (C=O) groups is 2. The normalized spacial score (nSPS) is 16.2. The molecule has 0 saturated carbocycles. The summed E-state index contributed by atoms with van der Waals surface area (Å²) in [7, 11) is 0. The zero-order chi connectivity index (χ0) is 22.4. The Morgan fingerprint density at radius 2 is 1.81 bits per heavy atom. The Morgan fingerprint density at radius 1 is 1.10 bits per heavy atom. The number of hydrogen-bond acceptors (Lipinski definition) is 4. The largest absolute Gasteiger partial charge is 0.390 e. The predicted octanol–water partition coefficient (Wildman–Crippen LogP) is 2.53. The summed E-state index contributed by atoms with van der Waals surface area (Å²) in [4.78, 5) is 25.7. The Balaban J connectivity index is 1.74. The van der Waals surface area contributed by atoms with Gasteiger partial charge in [-0.3, -0.25) is 9.69 Å². The fraction of sp³-hybridized carbons (Fsp3) is 0.391. The van der Waals surface area contributed by atoms with Gasteiger partial charge in [-0.15, -0.1) is 0 Å². The van der Waals surface area contributed by atoms with Crippen LogP contribution in [0.4, 0.5) is 13.6 Å². The molecule has 31 heavy (non-hydrogen) atoms. The van der Waals surface area contributed by atoms with E-state index in [4.69, 9.17) is 0 Å². The fourth-order valence-electron chi connectivity index (χ4n) is 3.76. The zero-order valence-electron chi connectivity index (χ0n) is 17.4. The number of urea groups is 1. The number of carbonyl (C=O) groups excluding carboxylic acids is 2. The Kier molecular flexibility index (Phi) is 7.70. The molecule has 1 heterocycles. The van der Waals surface area contributed by atoms with Gasteiger partial charge in [0.15, 0.2) is 0 Å². The van der Waals surface area contributed by atoms with Crippen molar-refractivity contribution in [1.82, 2.24) is 15.5 Å². The SMILES string of the molecule is CCc1cccc(CNC[C@@H](O)[C@H](Cc2cc(F)cc(F)c2)N2C(=O)CCNC2=O)c1. The van der Waals surface area contributed by atoms with Crippen LogP contribution in [0.15, 0.2) is 42.5 Å². The molecule has 2 aromatic rings. The molecule has 1 aliphatic heterocycles. The lowest BCUT2D eigenvalue weighted by molar-refractivity contribution is -0.133. The first kappa shape index (κ1) is 22.8. The van der Waals surface area contributed by atoms with Gasteiger partial charge in [0.1, 0.15) is 11.6 Å². The number of aliphatic hydroxyl groups is 1. The van der Waals surface area contributed by atoms with Crippen molar-refractivity contribution in [1.29, 1.82) is 0 Å². The quantitative estimate of drug-likeness (QED) is 0.570. The summed E-state index contributed by atoms with van der Waals surface area (Å²) in [5.41, 5.74) is 2.49. The molecular formula is C23H27F2N3O3. The topological polar surface area (TPSA) is 81.7 Å². The van der Waals surface area contributed by atoms with Gasteiger partial charge in [0, 0.05) is 32.1 Å². The van der Waals surface area contributed by atoms with Crippen LogP contribution in [-0.4, -0.2) is 47.2 Å². The van der Waals surface area contributed by atoms with Gasteiger partial charge in [-0.2, -0.15) is 0 Å². The molecule has 3 amide bonds. The van der Waals surface area contributed by atoms with Crippen LogP contribution >= 0.6 is 0 Å². The van der Waals surface area contributed by atoms with Gasteiger partial charge in [-0.1, -0.05) is 31.2 Å². The lowest BCUT2D eigenvalue weighted by Gasteiger charge is -2.36. The van der Waals surface area contributed by atoms with Crippen LogP contribution in [0.1, 0.15) is 30.0 Å². The first-order valence-electron chi connectivity index (χ1n) is 10.4. The summed E-state index contributed by atoms with van der Waals surface area (Å²) in [6.07, 6.45) is -0.186. The number of nitrogens with one attached hydrogen (secondary N) is 2. The molecule has 0 bridgehead atoms. The number of aryl methyl sites for hydroxylation is 1. The van der Waals surface area contributed by atoms with Gasteiger partial charge in [-0.05, 0) is 41.7 Å². The van der Waals surface area contributed by atoms with Crippen molar-refractivity contribution in [3.63, 3.8) is 0 Å². The molecule has 6 nitrogen and oxygen atoms in total. The highest BCUT2D eigenvalue weighted by Gasteiger charge is 2.36. The molecule has 166 valence electrons.